The number of aromatic nitrogens is 1. The molecule has 6 heteroatoms. The maximum Gasteiger partial charge on any atom is 0.254 e. The van der Waals surface area contributed by atoms with Crippen molar-refractivity contribution in [2.75, 3.05) is 0 Å². The van der Waals surface area contributed by atoms with Gasteiger partial charge >= 0.3 is 0 Å². The monoisotopic (exact) mass is 363 g/mol. The van der Waals surface area contributed by atoms with Crippen molar-refractivity contribution in [3.8, 4) is 0 Å². The second kappa shape index (κ2) is 5.54. The molecule has 0 radical (unpaired) electrons. The molecule has 0 aliphatic heterocycles. The number of nitrogens with zero attached hydrogens (tertiary/aromatic N) is 1. The van der Waals surface area contributed by atoms with Crippen LogP contribution in [0, 0.1) is 6.92 Å². The van der Waals surface area contributed by atoms with Crippen LogP contribution in [-0.4, -0.2) is 27.8 Å². The van der Waals surface area contributed by atoms with Gasteiger partial charge in [-0.3, -0.25) is 4.98 Å². The fraction of sp³-hybridized carbons (Fsp3) is 0.643. The van der Waals surface area contributed by atoms with Gasteiger partial charge in [0.05, 0.1) is 16.1 Å². The molecule has 0 saturated heterocycles. The minimum atomic E-state index is -2.47. The van der Waals surface area contributed by atoms with Crippen LogP contribution in [0.2, 0.25) is 45.8 Å². The van der Waals surface area contributed by atoms with Crippen molar-refractivity contribution in [2.24, 2.45) is 0 Å². The first kappa shape index (κ1) is 18.4. The molecule has 0 aromatic carbocycles. The van der Waals surface area contributed by atoms with E-state index in [4.69, 9.17) is 27.1 Å². The van der Waals surface area contributed by atoms with Crippen LogP contribution in [0.15, 0.2) is 18.2 Å². The van der Waals surface area contributed by atoms with Crippen molar-refractivity contribution in [3.05, 3.63) is 29.6 Å². The standard InChI is InChI=1S/C14H27Cl2NSi3/c1-12-10-9-11-13(17-12)14(18(2,3)4,19(5,6)7)20(8,15)16/h9-11H,1-8H3. The van der Waals surface area contributed by atoms with Crippen molar-refractivity contribution in [1.29, 1.82) is 0 Å². The highest BCUT2D eigenvalue weighted by Gasteiger charge is 2.65. The van der Waals surface area contributed by atoms with Crippen LogP contribution in [-0.2, 0) is 4.28 Å². The third kappa shape index (κ3) is 2.95. The summed E-state index contributed by atoms with van der Waals surface area (Å²) in [5.74, 6) is 0. The molecule has 0 fully saturated rings. The van der Waals surface area contributed by atoms with Crippen molar-refractivity contribution in [3.63, 3.8) is 0 Å². The third-order valence-electron chi connectivity index (χ3n) is 4.18. The molecule has 1 aromatic heterocycles. The van der Waals surface area contributed by atoms with Crippen molar-refractivity contribution < 1.29 is 0 Å². The molecular formula is C14H27Cl2NSi3. The zero-order valence-corrected chi connectivity index (χ0v) is 18.4. The predicted octanol–water partition coefficient (Wildman–Crippen LogP) is 5.47. The van der Waals surface area contributed by atoms with E-state index >= 15 is 0 Å². The molecule has 0 aliphatic rings. The molecule has 114 valence electrons. The van der Waals surface area contributed by atoms with E-state index in [1.165, 1.54) is 0 Å². The normalized spacial score (nSPS) is 14.5. The van der Waals surface area contributed by atoms with Gasteiger partial charge < -0.3 is 0 Å². The molecule has 1 nitrogen and oxygen atoms in total. The van der Waals surface area contributed by atoms with E-state index in [0.29, 0.717) is 0 Å². The summed E-state index contributed by atoms with van der Waals surface area (Å²) in [6.07, 6.45) is 0. The van der Waals surface area contributed by atoms with Gasteiger partial charge in [0, 0.05) is 15.7 Å². The molecule has 1 aromatic rings. The lowest BCUT2D eigenvalue weighted by Crippen LogP contribution is -2.73. The molecule has 0 amide bonds. The molecule has 20 heavy (non-hydrogen) atoms. The van der Waals surface area contributed by atoms with Crippen molar-refractivity contribution in [2.45, 2.75) is 57.0 Å². The summed E-state index contributed by atoms with van der Waals surface area (Å²) < 4.78 is -0.0673. The second-order valence-corrected chi connectivity index (χ2v) is 27.4. The van der Waals surface area contributed by atoms with E-state index in [-0.39, 0.29) is 4.28 Å². The lowest BCUT2D eigenvalue weighted by Gasteiger charge is -2.55. The summed E-state index contributed by atoms with van der Waals surface area (Å²) in [6, 6.07) is 6.30. The molecule has 0 atom stereocenters. The maximum absolute atomic E-state index is 6.95. The Labute approximate surface area is 136 Å². The summed E-state index contributed by atoms with van der Waals surface area (Å²) in [7, 11) is -3.35. The van der Waals surface area contributed by atoms with Crippen LogP contribution >= 0.6 is 22.2 Å². The van der Waals surface area contributed by atoms with Crippen molar-refractivity contribution >= 4 is 45.0 Å². The fourth-order valence-electron chi connectivity index (χ4n) is 4.19. The highest BCUT2D eigenvalue weighted by molar-refractivity contribution is 7.52. The van der Waals surface area contributed by atoms with E-state index in [1.54, 1.807) is 0 Å². The Bertz CT molecular complexity index is 448. The van der Waals surface area contributed by atoms with E-state index < -0.39 is 22.8 Å². The number of rotatable bonds is 4. The number of halogens is 2. The summed E-state index contributed by atoms with van der Waals surface area (Å²) in [4.78, 5) is 4.88. The SMILES string of the molecule is Cc1cccc(C([Si](C)(C)C)([Si](C)(C)C)[Si](C)(Cl)Cl)n1. The van der Waals surface area contributed by atoms with Gasteiger partial charge in [0.1, 0.15) is 0 Å². The molecule has 0 N–H and O–H groups in total. The highest BCUT2D eigenvalue weighted by Crippen LogP contribution is 2.51. The van der Waals surface area contributed by atoms with Gasteiger partial charge in [-0.2, -0.15) is 0 Å². The molecular weight excluding hydrogens is 337 g/mol. The number of pyridine rings is 1. The first-order valence-electron chi connectivity index (χ1n) is 7.07. The summed E-state index contributed by atoms with van der Waals surface area (Å²) in [6.45, 7) is 16.0. The Morgan fingerprint density at radius 1 is 0.900 bits per heavy atom. The zero-order valence-electron chi connectivity index (χ0n) is 13.9. The van der Waals surface area contributed by atoms with Crippen LogP contribution < -0.4 is 0 Å². The van der Waals surface area contributed by atoms with E-state index in [2.05, 4.69) is 58.0 Å². The largest absolute Gasteiger partial charge is 0.258 e. The minimum Gasteiger partial charge on any atom is -0.258 e. The van der Waals surface area contributed by atoms with Gasteiger partial charge in [-0.15, -0.1) is 22.2 Å². The Morgan fingerprint density at radius 2 is 1.35 bits per heavy atom. The van der Waals surface area contributed by atoms with E-state index in [0.717, 1.165) is 11.4 Å². The minimum absolute atomic E-state index is 0.0673. The van der Waals surface area contributed by atoms with Gasteiger partial charge in [0.15, 0.2) is 0 Å². The van der Waals surface area contributed by atoms with E-state index in [1.807, 2.05) is 13.0 Å². The smallest absolute Gasteiger partial charge is 0.254 e. The maximum atomic E-state index is 6.95. The topological polar surface area (TPSA) is 12.9 Å². The molecule has 1 heterocycles. The van der Waals surface area contributed by atoms with Gasteiger partial charge in [0.2, 0.25) is 0 Å². The molecule has 0 aliphatic carbocycles. The summed E-state index contributed by atoms with van der Waals surface area (Å²) >= 11 is 13.9. The second-order valence-electron chi connectivity index (χ2n) is 7.80. The molecule has 0 bridgehead atoms. The Hall–Kier alpha value is 0.381. The molecule has 1 rings (SSSR count). The molecule has 0 spiro atoms. The summed E-state index contributed by atoms with van der Waals surface area (Å²) in [5.41, 5.74) is 2.20. The van der Waals surface area contributed by atoms with Crippen molar-refractivity contribution in [1.82, 2.24) is 4.98 Å². The summed E-state index contributed by atoms with van der Waals surface area (Å²) in [5, 5.41) is 0. The first-order valence-corrected chi connectivity index (χ1v) is 18.6. The lowest BCUT2D eigenvalue weighted by atomic mass is 10.3. The third-order valence-corrected chi connectivity index (χ3v) is 26.4. The Morgan fingerprint density at radius 3 is 1.65 bits per heavy atom. The number of aryl methyl sites for hydroxylation is 1. The van der Waals surface area contributed by atoms with Gasteiger partial charge in [-0.25, -0.2) is 0 Å². The first-order chi connectivity index (χ1) is 8.75. The Kier molecular flexibility index (Phi) is 5.10. The van der Waals surface area contributed by atoms with Crippen LogP contribution in [0.3, 0.4) is 0 Å². The average Bonchev–Trinajstić information content (AvgIpc) is 2.10. The molecule has 0 saturated carbocycles. The highest BCUT2D eigenvalue weighted by atomic mass is 35.7. The van der Waals surface area contributed by atoms with Gasteiger partial charge in [-0.1, -0.05) is 45.3 Å². The van der Waals surface area contributed by atoms with Gasteiger partial charge in [-0.05, 0) is 25.6 Å². The fourth-order valence-corrected chi connectivity index (χ4v) is 36.9. The quantitative estimate of drug-likeness (QED) is 0.510. The van der Waals surface area contributed by atoms with Crippen LogP contribution in [0.1, 0.15) is 11.4 Å². The predicted molar refractivity (Wildman–Crippen MR) is 101 cm³/mol. The number of hydrogen-bond donors (Lipinski definition) is 0. The lowest BCUT2D eigenvalue weighted by molar-refractivity contribution is 0.951. The average molecular weight is 365 g/mol. The van der Waals surface area contributed by atoms with E-state index in [9.17, 15) is 0 Å². The Balaban J connectivity index is 3.82. The van der Waals surface area contributed by atoms with Crippen LogP contribution in [0.4, 0.5) is 0 Å². The van der Waals surface area contributed by atoms with Gasteiger partial charge in [0.25, 0.3) is 6.69 Å². The zero-order chi connectivity index (χ0) is 16.0. The van der Waals surface area contributed by atoms with Crippen LogP contribution in [0.5, 0.6) is 0 Å². The van der Waals surface area contributed by atoms with Crippen LogP contribution in [0.25, 0.3) is 0 Å². The molecule has 0 unspecified atom stereocenters. The number of hydrogen-bond acceptors (Lipinski definition) is 1.